The highest BCUT2D eigenvalue weighted by Crippen LogP contribution is 2.30. The summed E-state index contributed by atoms with van der Waals surface area (Å²) in [5.74, 6) is 0.299. The third-order valence-electron chi connectivity index (χ3n) is 6.11. The number of benzene rings is 3. The molecule has 0 heterocycles. The maximum Gasteiger partial charge on any atom is 0.150 e. The monoisotopic (exact) mass is 450 g/mol. The van der Waals surface area contributed by atoms with Gasteiger partial charge in [0.1, 0.15) is 12.6 Å². The highest BCUT2D eigenvalue weighted by Gasteiger charge is 2.20. The van der Waals surface area contributed by atoms with Gasteiger partial charge in [-0.1, -0.05) is 117 Å². The van der Waals surface area contributed by atoms with E-state index in [-0.39, 0.29) is 5.41 Å². The van der Waals surface area contributed by atoms with Crippen LogP contribution in [0.1, 0.15) is 60.7 Å². The summed E-state index contributed by atoms with van der Waals surface area (Å²) in [5.41, 5.74) is 6.56. The van der Waals surface area contributed by atoms with Crippen LogP contribution in [-0.2, 0) is 10.2 Å². The van der Waals surface area contributed by atoms with Crippen molar-refractivity contribution in [3.63, 3.8) is 0 Å². The molecule has 0 saturated carbocycles. The van der Waals surface area contributed by atoms with E-state index in [1.54, 1.807) is 0 Å². The van der Waals surface area contributed by atoms with Crippen molar-refractivity contribution < 1.29 is 9.59 Å². The zero-order valence-corrected chi connectivity index (χ0v) is 20.8. The molecule has 0 N–H and O–H groups in total. The molecule has 0 fully saturated rings. The number of hydrogen-bond donors (Lipinski definition) is 0. The van der Waals surface area contributed by atoms with Gasteiger partial charge in [0.2, 0.25) is 0 Å². The number of carbonyl (C=O) groups is 2. The van der Waals surface area contributed by atoms with Crippen molar-refractivity contribution in [2.75, 3.05) is 0 Å². The Morgan fingerprint density at radius 3 is 2.00 bits per heavy atom. The minimum absolute atomic E-state index is 0.170. The topological polar surface area (TPSA) is 34.1 Å². The molecule has 3 aromatic carbocycles. The van der Waals surface area contributed by atoms with Crippen LogP contribution >= 0.6 is 0 Å². The first kappa shape index (κ1) is 25.1. The molecule has 0 spiro atoms. The van der Waals surface area contributed by atoms with E-state index in [9.17, 15) is 9.59 Å². The van der Waals surface area contributed by atoms with Gasteiger partial charge in [-0.15, -0.1) is 0 Å². The summed E-state index contributed by atoms with van der Waals surface area (Å²) in [6, 6.07) is 24.7. The number of allylic oxidation sites excluding steroid dienone is 4. The molecular weight excluding hydrogens is 416 g/mol. The van der Waals surface area contributed by atoms with Gasteiger partial charge in [0.15, 0.2) is 0 Å². The maximum absolute atomic E-state index is 10.9. The maximum atomic E-state index is 10.9. The molecule has 0 radical (unpaired) electrons. The molecule has 0 aromatic heterocycles. The third-order valence-corrected chi connectivity index (χ3v) is 6.11. The second kappa shape index (κ2) is 10.6. The van der Waals surface area contributed by atoms with Gasteiger partial charge < -0.3 is 4.79 Å². The molecule has 0 saturated heterocycles. The predicted molar refractivity (Wildman–Crippen MR) is 142 cm³/mol. The van der Waals surface area contributed by atoms with E-state index in [2.05, 4.69) is 88.4 Å². The van der Waals surface area contributed by atoms with Crippen LogP contribution in [0.4, 0.5) is 0 Å². The number of aryl methyl sites for hydroxylation is 1. The van der Waals surface area contributed by atoms with Gasteiger partial charge in [-0.05, 0) is 47.6 Å². The fourth-order valence-electron chi connectivity index (χ4n) is 3.87. The van der Waals surface area contributed by atoms with E-state index >= 15 is 0 Å². The zero-order chi connectivity index (χ0) is 24.8. The Balaban J connectivity index is 0.000000192. The quantitative estimate of drug-likeness (QED) is 0.299. The smallest absolute Gasteiger partial charge is 0.150 e. The largest absolute Gasteiger partial charge is 0.302 e. The van der Waals surface area contributed by atoms with Crippen molar-refractivity contribution in [3.8, 4) is 11.1 Å². The first-order valence-corrected chi connectivity index (χ1v) is 11.7. The number of rotatable bonds is 4. The van der Waals surface area contributed by atoms with Crippen LogP contribution < -0.4 is 0 Å². The van der Waals surface area contributed by atoms with E-state index in [0.717, 1.165) is 23.7 Å². The Morgan fingerprint density at radius 1 is 0.794 bits per heavy atom. The first-order chi connectivity index (χ1) is 16.1. The highest BCUT2D eigenvalue weighted by atomic mass is 16.1. The summed E-state index contributed by atoms with van der Waals surface area (Å²) >= 11 is 0. The normalized spacial score (nSPS) is 19.1. The van der Waals surface area contributed by atoms with Gasteiger partial charge in [-0.2, -0.15) is 0 Å². The fourth-order valence-corrected chi connectivity index (χ4v) is 3.87. The molecule has 4 rings (SSSR count). The van der Waals surface area contributed by atoms with Crippen molar-refractivity contribution in [3.05, 3.63) is 119 Å². The molecule has 0 atom stereocenters. The van der Waals surface area contributed by atoms with Crippen molar-refractivity contribution in [1.29, 1.82) is 0 Å². The lowest BCUT2D eigenvalue weighted by molar-refractivity contribution is -0.111. The molecule has 2 heteroatoms. The Kier molecular flexibility index (Phi) is 7.83. The molecule has 0 bridgehead atoms. The van der Waals surface area contributed by atoms with Crippen molar-refractivity contribution >= 4 is 12.6 Å². The summed E-state index contributed by atoms with van der Waals surface area (Å²) in [6.07, 6.45) is 10.0. The minimum Gasteiger partial charge on any atom is -0.302 e. The average molecular weight is 451 g/mol. The fraction of sp³-hybridized carbons (Fsp3) is 0.250. The minimum atomic E-state index is -0.416. The molecule has 2 nitrogen and oxygen atoms in total. The summed E-state index contributed by atoms with van der Waals surface area (Å²) < 4.78 is 0. The van der Waals surface area contributed by atoms with Gasteiger partial charge in [-0.25, -0.2) is 0 Å². The lowest BCUT2D eigenvalue weighted by atomic mass is 9.82. The van der Waals surface area contributed by atoms with Crippen LogP contribution in [0.2, 0.25) is 0 Å². The third kappa shape index (κ3) is 6.51. The molecule has 3 aromatic rings. The van der Waals surface area contributed by atoms with Gasteiger partial charge >= 0.3 is 0 Å². The van der Waals surface area contributed by atoms with Crippen molar-refractivity contribution in [2.45, 2.75) is 46.0 Å². The molecular formula is C32H34O2. The second-order valence-electron chi connectivity index (χ2n) is 10.2. The summed E-state index contributed by atoms with van der Waals surface area (Å²) in [5, 5.41) is 0. The van der Waals surface area contributed by atoms with E-state index in [1.165, 1.54) is 16.7 Å². The number of hydrogen-bond acceptors (Lipinski definition) is 2. The van der Waals surface area contributed by atoms with Gasteiger partial charge in [0, 0.05) is 11.5 Å². The summed E-state index contributed by atoms with van der Waals surface area (Å²) in [6.45, 7) is 10.6. The molecule has 1 aliphatic carbocycles. The number of aldehydes is 2. The predicted octanol–water partition coefficient (Wildman–Crippen LogP) is 7.87. The van der Waals surface area contributed by atoms with E-state index < -0.39 is 5.41 Å². The lowest BCUT2D eigenvalue weighted by Crippen LogP contribution is -2.14. The van der Waals surface area contributed by atoms with E-state index in [4.69, 9.17) is 0 Å². The van der Waals surface area contributed by atoms with Crippen LogP contribution in [0, 0.1) is 12.3 Å². The lowest BCUT2D eigenvalue weighted by Gasteiger charge is -2.21. The summed E-state index contributed by atoms with van der Waals surface area (Å²) in [7, 11) is 0. The molecule has 0 aliphatic heterocycles. The second-order valence-corrected chi connectivity index (χ2v) is 10.2. The van der Waals surface area contributed by atoms with Crippen molar-refractivity contribution in [1.82, 2.24) is 0 Å². The van der Waals surface area contributed by atoms with E-state index in [0.29, 0.717) is 11.5 Å². The standard InChI is InChI=1S/C17H18O.C15H16O/c1-17(2,3)16-9-7-14(8-10-16)15-6-4-5-13(11-15)12-18;1-12-4-3-5-14(10-12)13-6-8-15(2,11-16)9-7-13/h4-12H,1-3H3;3-11,13H,1-2H3. The Hall–Kier alpha value is -3.52. The van der Waals surface area contributed by atoms with Crippen LogP contribution in [0.3, 0.4) is 0 Å². The Labute approximate surface area is 204 Å². The van der Waals surface area contributed by atoms with Gasteiger partial charge in [0.05, 0.1) is 5.41 Å². The SMILES string of the molecule is CC(C)(C)c1ccc(-c2cccc(C=O)c2)cc1.Cc1cccc(C2C=CC(C)(C=O)C=C2)c1. The van der Waals surface area contributed by atoms with Crippen LogP contribution in [0.25, 0.3) is 11.1 Å². The van der Waals surface area contributed by atoms with E-state index in [1.807, 2.05) is 43.3 Å². The molecule has 0 amide bonds. The highest BCUT2D eigenvalue weighted by molar-refractivity contribution is 5.78. The summed E-state index contributed by atoms with van der Waals surface area (Å²) in [4.78, 5) is 21.7. The molecule has 1 aliphatic rings. The Morgan fingerprint density at radius 2 is 1.44 bits per heavy atom. The van der Waals surface area contributed by atoms with Crippen LogP contribution in [0.15, 0.2) is 97.1 Å². The Bertz CT molecular complexity index is 1180. The zero-order valence-electron chi connectivity index (χ0n) is 20.8. The van der Waals surface area contributed by atoms with Crippen molar-refractivity contribution in [2.24, 2.45) is 5.41 Å². The molecule has 34 heavy (non-hydrogen) atoms. The van der Waals surface area contributed by atoms with Crippen LogP contribution in [-0.4, -0.2) is 12.6 Å². The average Bonchev–Trinajstić information content (AvgIpc) is 2.84. The van der Waals surface area contributed by atoms with Gasteiger partial charge in [-0.3, -0.25) is 4.79 Å². The van der Waals surface area contributed by atoms with Crippen LogP contribution in [0.5, 0.6) is 0 Å². The molecule has 0 unspecified atom stereocenters. The van der Waals surface area contributed by atoms with Gasteiger partial charge in [0.25, 0.3) is 0 Å². The first-order valence-electron chi connectivity index (χ1n) is 11.7. The number of carbonyl (C=O) groups excluding carboxylic acids is 2. The molecule has 174 valence electrons.